The fraction of sp³-hybridized carbons (Fsp3) is 0.571. The molecule has 2 rings (SSSR count). The number of hydrogen-bond acceptors (Lipinski definition) is 4. The van der Waals surface area contributed by atoms with Crippen molar-refractivity contribution in [3.63, 3.8) is 0 Å². The molecule has 0 aromatic heterocycles. The van der Waals surface area contributed by atoms with Crippen LogP contribution in [0, 0.1) is 17.0 Å². The Morgan fingerprint density at radius 1 is 1.35 bits per heavy atom. The Labute approximate surface area is 123 Å². The summed E-state index contributed by atoms with van der Waals surface area (Å²) in [5.74, 6) is 0. The first-order chi connectivity index (χ1) is 9.36. The Morgan fingerprint density at radius 2 is 1.95 bits per heavy atom. The van der Waals surface area contributed by atoms with Crippen molar-refractivity contribution in [2.75, 3.05) is 5.32 Å². The van der Waals surface area contributed by atoms with Gasteiger partial charge in [0.05, 0.1) is 17.1 Å². The highest BCUT2D eigenvalue weighted by Gasteiger charge is 2.25. The molecule has 1 aliphatic heterocycles. The molecule has 1 saturated heterocycles. The van der Waals surface area contributed by atoms with Crippen molar-refractivity contribution in [2.24, 2.45) is 0 Å². The van der Waals surface area contributed by atoms with Gasteiger partial charge in [-0.15, -0.1) is 0 Å². The molecular weight excluding hydrogens is 280 g/mol. The lowest BCUT2D eigenvalue weighted by atomic mass is 9.99. The van der Waals surface area contributed by atoms with Gasteiger partial charge in [-0.1, -0.05) is 11.6 Å². The Bertz CT molecular complexity index is 511. The van der Waals surface area contributed by atoms with Gasteiger partial charge in [0.25, 0.3) is 5.69 Å². The minimum Gasteiger partial charge on any atom is -0.382 e. The van der Waals surface area contributed by atoms with E-state index in [9.17, 15) is 10.1 Å². The number of aryl methyl sites for hydroxylation is 1. The Hall–Kier alpha value is -1.33. The molecule has 0 aliphatic carbocycles. The summed E-state index contributed by atoms with van der Waals surface area (Å²) in [7, 11) is 0. The Morgan fingerprint density at radius 3 is 2.50 bits per heavy atom. The molecule has 1 N–H and O–H groups in total. The highest BCUT2D eigenvalue weighted by molar-refractivity contribution is 6.33. The molecule has 2 unspecified atom stereocenters. The zero-order valence-corrected chi connectivity index (χ0v) is 12.6. The molecule has 0 saturated carbocycles. The third kappa shape index (κ3) is 3.41. The maximum Gasteiger partial charge on any atom is 0.288 e. The van der Waals surface area contributed by atoms with Gasteiger partial charge in [-0.25, -0.2) is 0 Å². The second kappa shape index (κ2) is 5.97. The van der Waals surface area contributed by atoms with E-state index in [2.05, 4.69) is 19.2 Å². The van der Waals surface area contributed by atoms with Crippen molar-refractivity contribution in [3.05, 3.63) is 32.8 Å². The van der Waals surface area contributed by atoms with Crippen molar-refractivity contribution in [1.82, 2.24) is 0 Å². The topological polar surface area (TPSA) is 64.4 Å². The molecule has 20 heavy (non-hydrogen) atoms. The molecule has 0 spiro atoms. The van der Waals surface area contributed by atoms with E-state index >= 15 is 0 Å². The summed E-state index contributed by atoms with van der Waals surface area (Å²) in [6, 6.07) is 3.45. The fourth-order valence-corrected chi connectivity index (χ4v) is 2.94. The van der Waals surface area contributed by atoms with E-state index in [1.54, 1.807) is 6.07 Å². The SMILES string of the molecule is Cc1cc([N+](=O)[O-])c(Cl)cc1NC1CC(C)OC(C)C1. The Kier molecular flexibility index (Phi) is 4.50. The van der Waals surface area contributed by atoms with E-state index < -0.39 is 4.92 Å². The van der Waals surface area contributed by atoms with Gasteiger partial charge in [-0.3, -0.25) is 10.1 Å². The average Bonchev–Trinajstić information content (AvgIpc) is 2.31. The maximum atomic E-state index is 10.8. The summed E-state index contributed by atoms with van der Waals surface area (Å²) in [4.78, 5) is 10.4. The van der Waals surface area contributed by atoms with Crippen LogP contribution < -0.4 is 5.32 Å². The van der Waals surface area contributed by atoms with Crippen LogP contribution in [0.1, 0.15) is 32.3 Å². The van der Waals surface area contributed by atoms with Crippen molar-refractivity contribution in [1.29, 1.82) is 0 Å². The monoisotopic (exact) mass is 298 g/mol. The number of rotatable bonds is 3. The van der Waals surface area contributed by atoms with Crippen LogP contribution in [-0.2, 0) is 4.74 Å². The van der Waals surface area contributed by atoms with E-state index in [-0.39, 0.29) is 22.9 Å². The predicted molar refractivity (Wildman–Crippen MR) is 79.5 cm³/mol. The van der Waals surface area contributed by atoms with Gasteiger partial charge in [-0.05, 0) is 45.2 Å². The molecule has 5 nitrogen and oxygen atoms in total. The van der Waals surface area contributed by atoms with Crippen molar-refractivity contribution in [3.8, 4) is 0 Å². The van der Waals surface area contributed by atoms with Crippen LogP contribution >= 0.6 is 11.6 Å². The van der Waals surface area contributed by atoms with Crippen LogP contribution in [0.3, 0.4) is 0 Å². The maximum absolute atomic E-state index is 10.8. The molecule has 1 aliphatic rings. The molecule has 2 atom stereocenters. The summed E-state index contributed by atoms with van der Waals surface area (Å²) >= 11 is 5.97. The number of anilines is 1. The van der Waals surface area contributed by atoms with Gasteiger partial charge in [0.2, 0.25) is 0 Å². The first-order valence-corrected chi connectivity index (χ1v) is 7.11. The second-order valence-corrected chi connectivity index (χ2v) is 5.85. The van der Waals surface area contributed by atoms with Crippen LogP contribution in [-0.4, -0.2) is 23.2 Å². The van der Waals surface area contributed by atoms with Crippen LogP contribution in [0.25, 0.3) is 0 Å². The van der Waals surface area contributed by atoms with Crippen molar-refractivity contribution >= 4 is 23.0 Å². The molecular formula is C14H19ClN2O3. The number of nitrogens with one attached hydrogen (secondary N) is 1. The molecule has 0 bridgehead atoms. The van der Waals surface area contributed by atoms with Gasteiger partial charge in [0.15, 0.2) is 0 Å². The van der Waals surface area contributed by atoms with Gasteiger partial charge >= 0.3 is 0 Å². The minimum absolute atomic E-state index is 0.0524. The molecule has 1 heterocycles. The quantitative estimate of drug-likeness (QED) is 0.678. The number of ether oxygens (including phenoxy) is 1. The van der Waals surface area contributed by atoms with E-state index in [1.807, 2.05) is 6.92 Å². The van der Waals surface area contributed by atoms with Crippen LogP contribution in [0.15, 0.2) is 12.1 Å². The van der Waals surface area contributed by atoms with Crippen LogP contribution in [0.2, 0.25) is 5.02 Å². The number of hydrogen-bond donors (Lipinski definition) is 1. The molecule has 0 amide bonds. The molecule has 110 valence electrons. The summed E-state index contributed by atoms with van der Waals surface area (Å²) in [6.07, 6.45) is 2.26. The summed E-state index contributed by atoms with van der Waals surface area (Å²) < 4.78 is 5.70. The van der Waals surface area contributed by atoms with Gasteiger partial charge in [0, 0.05) is 17.8 Å². The van der Waals surface area contributed by atoms with E-state index in [0.717, 1.165) is 24.1 Å². The van der Waals surface area contributed by atoms with Gasteiger partial charge in [-0.2, -0.15) is 0 Å². The van der Waals surface area contributed by atoms with Crippen LogP contribution in [0.4, 0.5) is 11.4 Å². The smallest absolute Gasteiger partial charge is 0.288 e. The zero-order valence-electron chi connectivity index (χ0n) is 11.9. The third-order valence-corrected chi connectivity index (χ3v) is 3.85. The van der Waals surface area contributed by atoms with Crippen LogP contribution in [0.5, 0.6) is 0 Å². The number of nitro benzene ring substituents is 1. The summed E-state index contributed by atoms with van der Waals surface area (Å²) in [5.41, 5.74) is 1.63. The lowest BCUT2D eigenvalue weighted by Crippen LogP contribution is -2.37. The minimum atomic E-state index is -0.461. The summed E-state index contributed by atoms with van der Waals surface area (Å²) in [6.45, 7) is 5.96. The molecule has 1 aromatic carbocycles. The van der Waals surface area contributed by atoms with E-state index in [0.29, 0.717) is 6.04 Å². The normalized spacial score (nSPS) is 26.3. The summed E-state index contributed by atoms with van der Waals surface area (Å²) in [5, 5.41) is 14.4. The predicted octanol–water partition coefficient (Wildman–Crippen LogP) is 3.92. The lowest BCUT2D eigenvalue weighted by molar-refractivity contribution is -0.384. The highest BCUT2D eigenvalue weighted by Crippen LogP contribution is 2.32. The molecule has 0 radical (unpaired) electrons. The van der Waals surface area contributed by atoms with E-state index in [4.69, 9.17) is 16.3 Å². The van der Waals surface area contributed by atoms with Gasteiger partial charge in [0.1, 0.15) is 5.02 Å². The fourth-order valence-electron chi connectivity index (χ4n) is 2.70. The molecule has 1 aromatic rings. The second-order valence-electron chi connectivity index (χ2n) is 5.45. The van der Waals surface area contributed by atoms with Crippen molar-refractivity contribution < 1.29 is 9.66 Å². The first kappa shape index (κ1) is 15.1. The number of benzene rings is 1. The van der Waals surface area contributed by atoms with Crippen molar-refractivity contribution in [2.45, 2.75) is 51.9 Å². The van der Waals surface area contributed by atoms with E-state index in [1.165, 1.54) is 6.07 Å². The number of halogens is 1. The number of nitrogens with zero attached hydrogens (tertiary/aromatic N) is 1. The lowest BCUT2D eigenvalue weighted by Gasteiger charge is -2.33. The highest BCUT2D eigenvalue weighted by atomic mass is 35.5. The third-order valence-electron chi connectivity index (χ3n) is 3.55. The average molecular weight is 299 g/mol. The van der Waals surface area contributed by atoms with Gasteiger partial charge < -0.3 is 10.1 Å². The molecule has 6 heteroatoms. The first-order valence-electron chi connectivity index (χ1n) is 6.73. The largest absolute Gasteiger partial charge is 0.382 e. The Balaban J connectivity index is 2.17. The standard InChI is InChI=1S/C14H19ClN2O3/c1-8-4-14(17(18)19)12(15)7-13(8)16-11-5-9(2)20-10(3)6-11/h4,7,9-11,16H,5-6H2,1-3H3. The molecule has 1 fully saturated rings. The zero-order chi connectivity index (χ0) is 14.9. The number of nitro groups is 1.